The molecule has 0 bridgehead atoms. The van der Waals surface area contributed by atoms with Gasteiger partial charge in [-0.1, -0.05) is 17.7 Å². The summed E-state index contributed by atoms with van der Waals surface area (Å²) in [6, 6.07) is 5.18. The van der Waals surface area contributed by atoms with Gasteiger partial charge in [0, 0.05) is 28.5 Å². The summed E-state index contributed by atoms with van der Waals surface area (Å²) in [4.78, 5) is 23.4. The smallest absolute Gasteiger partial charge is 0.328 e. The van der Waals surface area contributed by atoms with Crippen LogP contribution in [0.1, 0.15) is 34.6 Å². The first-order valence-corrected chi connectivity index (χ1v) is 8.69. The average Bonchev–Trinajstić information content (AvgIpc) is 3.25. The molecule has 0 saturated heterocycles. The van der Waals surface area contributed by atoms with Crippen molar-refractivity contribution in [2.75, 3.05) is 5.32 Å². The number of amides is 1. The number of anilines is 1. The summed E-state index contributed by atoms with van der Waals surface area (Å²) >= 11 is 6.05. The predicted octanol–water partition coefficient (Wildman–Crippen LogP) is 3.13. The summed E-state index contributed by atoms with van der Waals surface area (Å²) in [7, 11) is 0. The number of benzene rings is 1. The van der Waals surface area contributed by atoms with Crippen LogP contribution in [0.2, 0.25) is 5.02 Å². The number of nitrogens with zero attached hydrogens (tertiary/aromatic N) is 4. The highest BCUT2D eigenvalue weighted by Crippen LogP contribution is 2.21. The van der Waals surface area contributed by atoms with Crippen LogP contribution >= 0.6 is 11.6 Å². The van der Waals surface area contributed by atoms with E-state index in [2.05, 4.69) is 15.5 Å². The van der Waals surface area contributed by atoms with Gasteiger partial charge >= 0.3 is 5.97 Å². The van der Waals surface area contributed by atoms with E-state index in [0.717, 1.165) is 0 Å². The Hall–Kier alpha value is -3.20. The van der Waals surface area contributed by atoms with Crippen molar-refractivity contribution >= 4 is 29.3 Å². The van der Waals surface area contributed by atoms with Gasteiger partial charge in [-0.3, -0.25) is 14.2 Å². The van der Waals surface area contributed by atoms with Gasteiger partial charge in [-0.25, -0.2) is 9.18 Å². The van der Waals surface area contributed by atoms with Crippen molar-refractivity contribution < 1.29 is 19.1 Å². The molecule has 1 amide bonds. The minimum Gasteiger partial charge on any atom is -0.480 e. The molecule has 3 rings (SSSR count). The summed E-state index contributed by atoms with van der Waals surface area (Å²) < 4.78 is 16.7. The summed E-state index contributed by atoms with van der Waals surface area (Å²) in [5, 5.41) is 20.1. The molecule has 8 nitrogen and oxygen atoms in total. The van der Waals surface area contributed by atoms with Gasteiger partial charge in [0.1, 0.15) is 11.9 Å². The zero-order valence-corrected chi connectivity index (χ0v) is 15.8. The van der Waals surface area contributed by atoms with Crippen LogP contribution in [0, 0.1) is 12.7 Å². The van der Waals surface area contributed by atoms with Crippen LogP contribution in [-0.2, 0) is 11.3 Å². The van der Waals surface area contributed by atoms with Gasteiger partial charge in [0.15, 0.2) is 5.82 Å². The number of carboxylic acid groups (broad SMARTS) is 1. The van der Waals surface area contributed by atoms with Gasteiger partial charge in [-0.15, -0.1) is 0 Å². The number of aromatic nitrogens is 4. The van der Waals surface area contributed by atoms with Crippen LogP contribution < -0.4 is 5.32 Å². The number of carbonyl (C=O) groups excluding carboxylic acids is 1. The standard InChI is InChI=1S/C18H17ClFN5O3/c1-10-6-16(23-24(10)9-13-14(19)4-3-5-15(13)20)22-17(26)12-7-21-25(8-12)11(2)18(27)28/h3-8,11H,9H2,1-2H3,(H,27,28)(H,22,23,26). The third kappa shape index (κ3) is 4.04. The highest BCUT2D eigenvalue weighted by atomic mass is 35.5. The largest absolute Gasteiger partial charge is 0.480 e. The third-order valence-electron chi connectivity index (χ3n) is 4.21. The summed E-state index contributed by atoms with van der Waals surface area (Å²) in [6.07, 6.45) is 2.62. The van der Waals surface area contributed by atoms with E-state index in [1.165, 1.54) is 40.8 Å². The number of nitrogens with one attached hydrogen (secondary N) is 1. The molecule has 28 heavy (non-hydrogen) atoms. The molecule has 0 spiro atoms. The van der Waals surface area contributed by atoms with E-state index in [9.17, 15) is 14.0 Å². The molecule has 0 fully saturated rings. The van der Waals surface area contributed by atoms with Crippen molar-refractivity contribution in [3.63, 3.8) is 0 Å². The van der Waals surface area contributed by atoms with E-state index >= 15 is 0 Å². The van der Waals surface area contributed by atoms with Crippen molar-refractivity contribution in [3.8, 4) is 0 Å². The molecule has 0 aliphatic heterocycles. The Kier molecular flexibility index (Phi) is 5.46. The molecule has 0 aliphatic carbocycles. The number of carbonyl (C=O) groups is 2. The van der Waals surface area contributed by atoms with Gasteiger partial charge in [0.05, 0.1) is 18.3 Å². The first kappa shape index (κ1) is 19.6. The van der Waals surface area contributed by atoms with Crippen LogP contribution in [-0.4, -0.2) is 36.5 Å². The highest BCUT2D eigenvalue weighted by Gasteiger charge is 2.18. The van der Waals surface area contributed by atoms with Gasteiger partial charge < -0.3 is 10.4 Å². The Labute approximate surface area is 164 Å². The van der Waals surface area contributed by atoms with Crippen molar-refractivity contribution in [3.05, 3.63) is 64.3 Å². The van der Waals surface area contributed by atoms with Gasteiger partial charge in [0.25, 0.3) is 5.91 Å². The Morgan fingerprint density at radius 3 is 2.82 bits per heavy atom. The van der Waals surface area contributed by atoms with Gasteiger partial charge in [-0.05, 0) is 26.0 Å². The first-order valence-electron chi connectivity index (χ1n) is 8.32. The molecule has 1 atom stereocenters. The van der Waals surface area contributed by atoms with Crippen molar-refractivity contribution in [2.24, 2.45) is 0 Å². The number of carboxylic acids is 1. The number of aliphatic carboxylic acids is 1. The first-order chi connectivity index (χ1) is 13.3. The fourth-order valence-electron chi connectivity index (χ4n) is 2.53. The zero-order chi connectivity index (χ0) is 20.4. The maximum atomic E-state index is 14.0. The minimum atomic E-state index is -1.06. The molecule has 0 aliphatic rings. The number of halogens is 2. The molecule has 10 heteroatoms. The normalized spacial score (nSPS) is 12.0. The topological polar surface area (TPSA) is 102 Å². The summed E-state index contributed by atoms with van der Waals surface area (Å²) in [6.45, 7) is 3.33. The Bertz CT molecular complexity index is 1030. The molecule has 0 radical (unpaired) electrons. The van der Waals surface area contributed by atoms with E-state index in [1.807, 2.05) is 0 Å². The Morgan fingerprint density at radius 2 is 2.14 bits per heavy atom. The number of aryl methyl sites for hydroxylation is 1. The molecule has 0 saturated carbocycles. The maximum Gasteiger partial charge on any atom is 0.328 e. The van der Waals surface area contributed by atoms with Crippen LogP contribution in [0.25, 0.3) is 0 Å². The lowest BCUT2D eigenvalue weighted by Gasteiger charge is -2.07. The Morgan fingerprint density at radius 1 is 1.39 bits per heavy atom. The molecule has 2 aromatic heterocycles. The molecule has 146 valence electrons. The third-order valence-corrected chi connectivity index (χ3v) is 4.56. The van der Waals surface area contributed by atoms with Crippen LogP contribution in [0.5, 0.6) is 0 Å². The molecule has 2 heterocycles. The lowest BCUT2D eigenvalue weighted by Crippen LogP contribution is -2.16. The van der Waals surface area contributed by atoms with E-state index in [1.54, 1.807) is 19.1 Å². The van der Waals surface area contributed by atoms with Crippen molar-refractivity contribution in [2.45, 2.75) is 26.4 Å². The van der Waals surface area contributed by atoms with Crippen LogP contribution in [0.4, 0.5) is 10.2 Å². The lowest BCUT2D eigenvalue weighted by molar-refractivity contribution is -0.140. The van der Waals surface area contributed by atoms with Crippen LogP contribution in [0.15, 0.2) is 36.7 Å². The fourth-order valence-corrected chi connectivity index (χ4v) is 2.76. The minimum absolute atomic E-state index is 0.112. The van der Waals surface area contributed by atoms with Crippen molar-refractivity contribution in [1.82, 2.24) is 19.6 Å². The summed E-state index contributed by atoms with van der Waals surface area (Å²) in [5.74, 6) is -1.71. The second kappa shape index (κ2) is 7.81. The van der Waals surface area contributed by atoms with E-state index in [0.29, 0.717) is 16.3 Å². The maximum absolute atomic E-state index is 14.0. The number of hydrogen-bond donors (Lipinski definition) is 2. The number of hydrogen-bond acceptors (Lipinski definition) is 4. The fraction of sp³-hybridized carbons (Fsp3) is 0.222. The second-order valence-corrected chi connectivity index (χ2v) is 6.61. The Balaban J connectivity index is 1.75. The zero-order valence-electron chi connectivity index (χ0n) is 15.1. The molecule has 2 N–H and O–H groups in total. The van der Waals surface area contributed by atoms with Crippen molar-refractivity contribution in [1.29, 1.82) is 0 Å². The molecule has 1 unspecified atom stereocenters. The quantitative estimate of drug-likeness (QED) is 0.656. The monoisotopic (exact) mass is 405 g/mol. The lowest BCUT2D eigenvalue weighted by atomic mass is 10.2. The molecule has 1 aromatic carbocycles. The highest BCUT2D eigenvalue weighted by molar-refractivity contribution is 6.31. The van der Waals surface area contributed by atoms with E-state index in [4.69, 9.17) is 16.7 Å². The van der Waals surface area contributed by atoms with Gasteiger partial charge in [0.2, 0.25) is 0 Å². The molecule has 3 aromatic rings. The SMILES string of the molecule is Cc1cc(NC(=O)c2cnn(C(C)C(=O)O)c2)nn1Cc1c(F)cccc1Cl. The van der Waals surface area contributed by atoms with Gasteiger partial charge in [-0.2, -0.15) is 10.2 Å². The molecular weight excluding hydrogens is 389 g/mol. The summed E-state index contributed by atoms with van der Waals surface area (Å²) in [5.41, 5.74) is 1.19. The number of rotatable bonds is 6. The van der Waals surface area contributed by atoms with E-state index < -0.39 is 23.7 Å². The molecular formula is C18H17ClFN5O3. The second-order valence-electron chi connectivity index (χ2n) is 6.21. The average molecular weight is 406 g/mol. The van der Waals surface area contributed by atoms with Crippen LogP contribution in [0.3, 0.4) is 0 Å². The van der Waals surface area contributed by atoms with E-state index in [-0.39, 0.29) is 17.9 Å². The predicted molar refractivity (Wildman–Crippen MR) is 100 cm³/mol.